The summed E-state index contributed by atoms with van der Waals surface area (Å²) in [5, 5.41) is 2.78. The molecule has 0 N–H and O–H groups in total. The molecule has 0 unspecified atom stereocenters. The van der Waals surface area contributed by atoms with Gasteiger partial charge < -0.3 is 0 Å². The van der Waals surface area contributed by atoms with Gasteiger partial charge in [-0.3, -0.25) is 0 Å². The minimum Gasteiger partial charge on any atom is -0.0536 e. The van der Waals surface area contributed by atoms with Crippen molar-refractivity contribution in [3.63, 3.8) is 0 Å². The van der Waals surface area contributed by atoms with E-state index in [2.05, 4.69) is 34.1 Å². The van der Waals surface area contributed by atoms with Crippen molar-refractivity contribution in [2.75, 3.05) is 0 Å². The lowest BCUT2D eigenvalue weighted by molar-refractivity contribution is 1.34. The van der Waals surface area contributed by atoms with Gasteiger partial charge in [0.25, 0.3) is 0 Å². The second kappa shape index (κ2) is 0.920. The summed E-state index contributed by atoms with van der Waals surface area (Å²) in [4.78, 5) is 0. The minimum atomic E-state index is 1.25. The van der Waals surface area contributed by atoms with E-state index in [0.29, 0.717) is 0 Å². The average Bonchev–Trinajstić information content (AvgIpc) is 1.59. The van der Waals surface area contributed by atoms with Gasteiger partial charge in [0.2, 0.25) is 0 Å². The number of rotatable bonds is 0. The maximum absolute atomic E-state index is 3.37. The summed E-state index contributed by atoms with van der Waals surface area (Å²) in [6.07, 6.45) is 0. The van der Waals surface area contributed by atoms with Crippen LogP contribution in [0.5, 0.6) is 0 Å². The Balaban J connectivity index is 3.02. The molecule has 0 aromatic carbocycles. The molecule has 0 amide bonds. The molecule has 1 heteroatoms. The molecule has 2 rings (SSSR count). The molecule has 0 heterocycles. The lowest BCUT2D eigenvalue weighted by atomic mass is 10.1. The number of hydrogen-bond acceptors (Lipinski definition) is 0. The molecule has 0 aromatic heterocycles. The van der Waals surface area contributed by atoms with E-state index in [1.807, 2.05) is 0 Å². The molecule has 0 saturated carbocycles. The van der Waals surface area contributed by atoms with E-state index in [0.717, 1.165) is 0 Å². The van der Waals surface area contributed by atoms with E-state index >= 15 is 0 Å². The van der Waals surface area contributed by atoms with Gasteiger partial charge in [-0.25, -0.2) is 0 Å². The summed E-state index contributed by atoms with van der Waals surface area (Å²) in [5.41, 5.74) is 0. The van der Waals surface area contributed by atoms with Crippen LogP contribution in [0.25, 0.3) is 0 Å². The second-order valence-corrected chi connectivity index (χ2v) is 2.55. The molecule has 0 saturated heterocycles. The molecular formula is C6H3Br. The van der Waals surface area contributed by atoms with Crippen LogP contribution < -0.4 is 0 Å². The predicted molar refractivity (Wildman–Crippen MR) is 31.8 cm³/mol. The first-order chi connectivity index (χ1) is 3.38. The lowest BCUT2D eigenvalue weighted by Gasteiger charge is -2.02. The smallest absolute Gasteiger partial charge is 0.0259 e. The fourth-order valence-corrected chi connectivity index (χ4v) is 1.35. The molecular weight excluding hydrogens is 152 g/mol. The normalized spacial score (nSPS) is 11.6. The molecule has 0 atom stereocenters. The van der Waals surface area contributed by atoms with Crippen molar-refractivity contribution >= 4 is 15.9 Å². The molecule has 0 aliphatic heterocycles. The Morgan fingerprint density at radius 1 is 1.29 bits per heavy atom. The number of benzene rings is 1. The summed E-state index contributed by atoms with van der Waals surface area (Å²) >= 11 is 3.37. The highest BCUT2D eigenvalue weighted by atomic mass is 79.9. The fourth-order valence-electron chi connectivity index (χ4n) is 0.743. The maximum Gasteiger partial charge on any atom is 0.0259 e. The van der Waals surface area contributed by atoms with E-state index < -0.39 is 0 Å². The first-order valence-corrected chi connectivity index (χ1v) is 2.97. The summed E-state index contributed by atoms with van der Waals surface area (Å²) < 4.78 is 1.25. The highest BCUT2D eigenvalue weighted by Crippen LogP contribution is 2.20. The Hall–Kier alpha value is -0.300. The average molecular weight is 155 g/mol. The Labute approximate surface area is 49.6 Å². The Morgan fingerprint density at radius 3 is 2.14 bits per heavy atom. The van der Waals surface area contributed by atoms with Crippen LogP contribution in [-0.2, 0) is 0 Å². The first-order valence-electron chi connectivity index (χ1n) is 2.18. The van der Waals surface area contributed by atoms with Gasteiger partial charge in [-0.05, 0) is 16.5 Å². The van der Waals surface area contributed by atoms with Crippen LogP contribution in [-0.4, -0.2) is 0 Å². The largest absolute Gasteiger partial charge is 0.0536 e. The van der Waals surface area contributed by atoms with Gasteiger partial charge in [-0.15, -0.1) is 0 Å². The SMILES string of the molecule is Brc1cc2ccc1=2. The van der Waals surface area contributed by atoms with Crippen LogP contribution in [0.1, 0.15) is 0 Å². The number of halogens is 1. The van der Waals surface area contributed by atoms with E-state index in [4.69, 9.17) is 0 Å². The first kappa shape index (κ1) is 3.67. The minimum absolute atomic E-state index is 1.25. The lowest BCUT2D eigenvalue weighted by Crippen LogP contribution is -1.85. The molecule has 34 valence electrons. The molecule has 0 spiro atoms. The zero-order valence-electron chi connectivity index (χ0n) is 3.61. The summed E-state index contributed by atoms with van der Waals surface area (Å²) in [6, 6.07) is 6.34. The standard InChI is InChI=1S/C6H3Br/c7-6-3-4-1-2-5(4)6/h1-3H. The van der Waals surface area contributed by atoms with Crippen molar-refractivity contribution in [3.05, 3.63) is 33.1 Å². The van der Waals surface area contributed by atoms with Crippen molar-refractivity contribution < 1.29 is 0 Å². The van der Waals surface area contributed by atoms with E-state index in [9.17, 15) is 0 Å². The van der Waals surface area contributed by atoms with Gasteiger partial charge in [-0.1, -0.05) is 28.1 Å². The highest BCUT2D eigenvalue weighted by Gasteiger charge is 1.99. The van der Waals surface area contributed by atoms with Crippen LogP contribution in [0.4, 0.5) is 0 Å². The zero-order valence-corrected chi connectivity index (χ0v) is 5.20. The maximum atomic E-state index is 3.37. The molecule has 0 radical (unpaired) electrons. The van der Waals surface area contributed by atoms with Gasteiger partial charge >= 0.3 is 0 Å². The van der Waals surface area contributed by atoms with Gasteiger partial charge in [0.1, 0.15) is 0 Å². The zero-order chi connectivity index (χ0) is 4.85. The molecule has 2 aliphatic carbocycles. The monoisotopic (exact) mass is 154 g/mol. The molecule has 0 nitrogen and oxygen atoms in total. The van der Waals surface area contributed by atoms with Crippen LogP contribution in [0.2, 0.25) is 0 Å². The van der Waals surface area contributed by atoms with Crippen LogP contribution in [0.15, 0.2) is 22.7 Å². The van der Waals surface area contributed by atoms with Crippen molar-refractivity contribution in [2.24, 2.45) is 0 Å². The van der Waals surface area contributed by atoms with Crippen LogP contribution in [0, 0.1) is 10.4 Å². The van der Waals surface area contributed by atoms with Gasteiger partial charge in [-0.2, -0.15) is 0 Å². The van der Waals surface area contributed by atoms with Crippen molar-refractivity contribution in [1.29, 1.82) is 0 Å². The summed E-state index contributed by atoms with van der Waals surface area (Å²) in [6.45, 7) is 0. The molecule has 0 aromatic rings. The summed E-state index contributed by atoms with van der Waals surface area (Å²) in [5.74, 6) is 0. The second-order valence-electron chi connectivity index (χ2n) is 1.69. The Bertz CT molecular complexity index is 288. The molecule has 0 fully saturated rings. The third kappa shape index (κ3) is 0.280. The quantitative estimate of drug-likeness (QED) is 0.546. The third-order valence-electron chi connectivity index (χ3n) is 1.28. The van der Waals surface area contributed by atoms with Gasteiger partial charge in [0.05, 0.1) is 0 Å². The Kier molecular flexibility index (Phi) is 0.482. The number of hydrogen-bond donors (Lipinski definition) is 0. The van der Waals surface area contributed by atoms with Crippen LogP contribution in [0.3, 0.4) is 0 Å². The van der Waals surface area contributed by atoms with Crippen molar-refractivity contribution in [2.45, 2.75) is 0 Å². The van der Waals surface area contributed by atoms with Gasteiger partial charge in [0.15, 0.2) is 0 Å². The predicted octanol–water partition coefficient (Wildman–Crippen LogP) is 2.05. The van der Waals surface area contributed by atoms with Crippen molar-refractivity contribution in [1.82, 2.24) is 0 Å². The molecule has 7 heavy (non-hydrogen) atoms. The third-order valence-corrected chi connectivity index (χ3v) is 1.94. The van der Waals surface area contributed by atoms with Crippen molar-refractivity contribution in [3.8, 4) is 0 Å². The van der Waals surface area contributed by atoms with Gasteiger partial charge in [0, 0.05) is 4.47 Å². The van der Waals surface area contributed by atoms with E-state index in [-0.39, 0.29) is 0 Å². The van der Waals surface area contributed by atoms with E-state index in [1.165, 1.54) is 14.9 Å². The Morgan fingerprint density at radius 2 is 2.14 bits per heavy atom. The topological polar surface area (TPSA) is 0 Å². The molecule has 0 bridgehead atoms. The van der Waals surface area contributed by atoms with E-state index in [1.54, 1.807) is 0 Å². The fraction of sp³-hybridized carbons (Fsp3) is 0. The molecule has 2 aliphatic rings. The highest BCUT2D eigenvalue weighted by molar-refractivity contribution is 9.10. The summed E-state index contributed by atoms with van der Waals surface area (Å²) in [7, 11) is 0. The van der Waals surface area contributed by atoms with Crippen LogP contribution >= 0.6 is 15.9 Å².